The van der Waals surface area contributed by atoms with Crippen molar-refractivity contribution in [3.8, 4) is 0 Å². The predicted octanol–water partition coefficient (Wildman–Crippen LogP) is -0.292. The van der Waals surface area contributed by atoms with Crippen LogP contribution in [0, 0.1) is 0 Å². The maximum Gasteiger partial charge on any atom is 0.251 e. The largest absolute Gasteiger partial charge is 0.398 e. The van der Waals surface area contributed by atoms with Crippen LogP contribution in [0.4, 0.5) is 5.69 Å². The Morgan fingerprint density at radius 3 is 2.94 bits per heavy atom. The van der Waals surface area contributed by atoms with Crippen molar-refractivity contribution >= 4 is 11.6 Å². The molecule has 1 aromatic heterocycles. The average molecular weight is 253 g/mol. The molecule has 4 N–H and O–H groups in total. The van der Waals surface area contributed by atoms with E-state index in [1.165, 1.54) is 22.9 Å². The van der Waals surface area contributed by atoms with Crippen molar-refractivity contribution in [2.75, 3.05) is 12.3 Å². The van der Waals surface area contributed by atoms with E-state index in [1.807, 2.05) is 6.92 Å². The number of hydrogen-bond acceptors (Lipinski definition) is 4. The van der Waals surface area contributed by atoms with E-state index in [0.717, 1.165) is 6.42 Å². The zero-order valence-electron chi connectivity index (χ0n) is 10.4. The number of pyridine rings is 1. The lowest BCUT2D eigenvalue weighted by Crippen LogP contribution is -2.36. The zero-order chi connectivity index (χ0) is 13.5. The van der Waals surface area contributed by atoms with Crippen LogP contribution < -0.4 is 16.6 Å². The van der Waals surface area contributed by atoms with E-state index in [-0.39, 0.29) is 24.6 Å². The van der Waals surface area contributed by atoms with Crippen LogP contribution in [0.2, 0.25) is 0 Å². The molecular formula is C12H19N3O3. The van der Waals surface area contributed by atoms with Gasteiger partial charge in [-0.3, -0.25) is 9.59 Å². The molecule has 1 aromatic rings. The molecule has 6 heteroatoms. The molecule has 0 fully saturated rings. The second-order valence-corrected chi connectivity index (χ2v) is 4.18. The van der Waals surface area contributed by atoms with E-state index in [4.69, 9.17) is 5.73 Å². The Balaban J connectivity index is 2.49. The van der Waals surface area contributed by atoms with Gasteiger partial charge in [0.1, 0.15) is 6.54 Å². The maximum atomic E-state index is 11.6. The second-order valence-electron chi connectivity index (χ2n) is 4.18. The van der Waals surface area contributed by atoms with Crippen molar-refractivity contribution < 1.29 is 9.90 Å². The number of anilines is 1. The molecule has 0 saturated carbocycles. The first-order chi connectivity index (χ1) is 8.52. The Hall–Kier alpha value is -1.82. The van der Waals surface area contributed by atoms with Crippen LogP contribution >= 0.6 is 0 Å². The van der Waals surface area contributed by atoms with E-state index < -0.39 is 6.10 Å². The average Bonchev–Trinajstić information content (AvgIpc) is 2.32. The third-order valence-electron chi connectivity index (χ3n) is 2.48. The molecule has 0 spiro atoms. The monoisotopic (exact) mass is 253 g/mol. The number of aliphatic hydroxyl groups excluding tert-OH is 1. The number of nitrogen functional groups attached to an aromatic ring is 1. The fourth-order valence-electron chi connectivity index (χ4n) is 1.55. The normalized spacial score (nSPS) is 12.1. The topological polar surface area (TPSA) is 97.3 Å². The van der Waals surface area contributed by atoms with Gasteiger partial charge in [-0.05, 0) is 12.5 Å². The van der Waals surface area contributed by atoms with Gasteiger partial charge in [0.25, 0.3) is 5.56 Å². The molecule has 0 radical (unpaired) electrons. The van der Waals surface area contributed by atoms with Gasteiger partial charge in [-0.25, -0.2) is 0 Å². The zero-order valence-corrected chi connectivity index (χ0v) is 10.4. The molecule has 0 aliphatic heterocycles. The number of aliphatic hydroxyl groups is 1. The van der Waals surface area contributed by atoms with Gasteiger partial charge in [-0.1, -0.05) is 13.3 Å². The molecule has 6 nitrogen and oxygen atoms in total. The molecule has 0 aromatic carbocycles. The van der Waals surface area contributed by atoms with E-state index in [1.54, 1.807) is 0 Å². The molecule has 1 amide bonds. The van der Waals surface area contributed by atoms with Crippen LogP contribution in [0.25, 0.3) is 0 Å². The van der Waals surface area contributed by atoms with E-state index in [2.05, 4.69) is 5.32 Å². The Morgan fingerprint density at radius 2 is 2.28 bits per heavy atom. The van der Waals surface area contributed by atoms with Crippen LogP contribution in [-0.2, 0) is 11.3 Å². The Bertz CT molecular complexity index is 456. The molecule has 100 valence electrons. The fourth-order valence-corrected chi connectivity index (χ4v) is 1.55. The van der Waals surface area contributed by atoms with Gasteiger partial charge in [0, 0.05) is 24.5 Å². The highest BCUT2D eigenvalue weighted by molar-refractivity contribution is 5.75. The van der Waals surface area contributed by atoms with Crippen LogP contribution in [0.3, 0.4) is 0 Å². The standard InChI is InChI=1S/C12H19N3O3/c1-2-3-10(16)6-14-11(17)8-15-7-9(13)4-5-12(15)18/h4-5,7,10,16H,2-3,6,8,13H2,1H3,(H,14,17). The van der Waals surface area contributed by atoms with E-state index >= 15 is 0 Å². The molecule has 1 atom stereocenters. The minimum atomic E-state index is -0.545. The van der Waals surface area contributed by atoms with Gasteiger partial charge in [0.15, 0.2) is 0 Å². The first-order valence-electron chi connectivity index (χ1n) is 5.93. The molecule has 18 heavy (non-hydrogen) atoms. The minimum Gasteiger partial charge on any atom is -0.398 e. The summed E-state index contributed by atoms with van der Waals surface area (Å²) in [5.74, 6) is -0.321. The minimum absolute atomic E-state index is 0.0945. The molecule has 1 unspecified atom stereocenters. The van der Waals surface area contributed by atoms with Crippen molar-refractivity contribution in [2.45, 2.75) is 32.4 Å². The van der Waals surface area contributed by atoms with Crippen LogP contribution in [0.5, 0.6) is 0 Å². The summed E-state index contributed by atoms with van der Waals surface area (Å²) in [5.41, 5.74) is 5.67. The summed E-state index contributed by atoms with van der Waals surface area (Å²) in [4.78, 5) is 23.0. The number of carbonyl (C=O) groups is 1. The van der Waals surface area contributed by atoms with Crippen molar-refractivity contribution in [2.24, 2.45) is 0 Å². The number of nitrogens with zero attached hydrogens (tertiary/aromatic N) is 1. The lowest BCUT2D eigenvalue weighted by Gasteiger charge is -2.11. The molecule has 0 aliphatic rings. The number of aromatic nitrogens is 1. The van der Waals surface area contributed by atoms with Gasteiger partial charge in [0.05, 0.1) is 6.10 Å². The lowest BCUT2D eigenvalue weighted by molar-refractivity contribution is -0.122. The number of rotatable bonds is 6. The van der Waals surface area contributed by atoms with Crippen molar-refractivity contribution in [3.63, 3.8) is 0 Å². The highest BCUT2D eigenvalue weighted by Gasteiger charge is 2.07. The van der Waals surface area contributed by atoms with Crippen molar-refractivity contribution in [1.29, 1.82) is 0 Å². The number of nitrogens with one attached hydrogen (secondary N) is 1. The molecule has 0 saturated heterocycles. The summed E-state index contributed by atoms with van der Waals surface area (Å²) in [5, 5.41) is 12.0. The van der Waals surface area contributed by atoms with Crippen LogP contribution in [0.1, 0.15) is 19.8 Å². The molecular weight excluding hydrogens is 234 g/mol. The highest BCUT2D eigenvalue weighted by Crippen LogP contribution is 1.96. The van der Waals surface area contributed by atoms with Gasteiger partial charge >= 0.3 is 0 Å². The maximum absolute atomic E-state index is 11.6. The second kappa shape index (κ2) is 6.80. The van der Waals surface area contributed by atoms with Gasteiger partial charge in [-0.2, -0.15) is 0 Å². The fraction of sp³-hybridized carbons (Fsp3) is 0.500. The summed E-state index contributed by atoms with van der Waals surface area (Å²) in [7, 11) is 0. The highest BCUT2D eigenvalue weighted by atomic mass is 16.3. The molecule has 1 rings (SSSR count). The summed E-state index contributed by atoms with van der Waals surface area (Å²) >= 11 is 0. The number of carbonyl (C=O) groups excluding carboxylic acids is 1. The van der Waals surface area contributed by atoms with Crippen molar-refractivity contribution in [3.05, 3.63) is 28.7 Å². The number of nitrogens with two attached hydrogens (primary N) is 1. The summed E-state index contributed by atoms with van der Waals surface area (Å²) < 4.78 is 1.23. The van der Waals surface area contributed by atoms with Gasteiger partial charge in [0.2, 0.25) is 5.91 Å². The summed E-state index contributed by atoms with van der Waals surface area (Å²) in [6, 6.07) is 2.80. The first-order valence-corrected chi connectivity index (χ1v) is 5.93. The predicted molar refractivity (Wildman–Crippen MR) is 69.0 cm³/mol. The van der Waals surface area contributed by atoms with Gasteiger partial charge in [-0.15, -0.1) is 0 Å². The molecule has 0 aliphatic carbocycles. The smallest absolute Gasteiger partial charge is 0.251 e. The Kier molecular flexibility index (Phi) is 5.38. The van der Waals surface area contributed by atoms with E-state index in [0.29, 0.717) is 12.1 Å². The lowest BCUT2D eigenvalue weighted by atomic mass is 10.2. The Morgan fingerprint density at radius 1 is 1.56 bits per heavy atom. The number of hydrogen-bond donors (Lipinski definition) is 3. The Labute approximate surface area is 105 Å². The first kappa shape index (κ1) is 14.2. The third kappa shape index (κ3) is 4.58. The summed E-state index contributed by atoms with van der Waals surface area (Å²) in [6.07, 6.45) is 2.37. The SMILES string of the molecule is CCCC(O)CNC(=O)Cn1cc(N)ccc1=O. The number of amides is 1. The van der Waals surface area contributed by atoms with Crippen LogP contribution in [-0.4, -0.2) is 28.2 Å². The molecule has 1 heterocycles. The summed E-state index contributed by atoms with van der Waals surface area (Å²) in [6.45, 7) is 2.06. The van der Waals surface area contributed by atoms with Crippen LogP contribution in [0.15, 0.2) is 23.1 Å². The quantitative estimate of drug-likeness (QED) is 0.649. The molecule has 0 bridgehead atoms. The van der Waals surface area contributed by atoms with E-state index in [9.17, 15) is 14.7 Å². The van der Waals surface area contributed by atoms with Crippen molar-refractivity contribution in [1.82, 2.24) is 9.88 Å². The van der Waals surface area contributed by atoms with Gasteiger partial charge < -0.3 is 20.7 Å². The third-order valence-corrected chi connectivity index (χ3v) is 2.48.